The second-order valence-electron chi connectivity index (χ2n) is 12.4. The van der Waals surface area contributed by atoms with Crippen LogP contribution in [-0.4, -0.2) is 53.5 Å². The molecule has 0 radical (unpaired) electrons. The Hall–Kier alpha value is -3.36. The van der Waals surface area contributed by atoms with E-state index in [0.29, 0.717) is 28.3 Å². The van der Waals surface area contributed by atoms with E-state index >= 15 is 0 Å². The van der Waals surface area contributed by atoms with E-state index in [1.165, 1.54) is 0 Å². The first-order valence-electron chi connectivity index (χ1n) is 14.8. The smallest absolute Gasteiger partial charge is 0.246 e. The number of aryl methyl sites for hydroxylation is 1. The number of nitrogens with one attached hydrogen (secondary N) is 2. The molecule has 42 heavy (non-hydrogen) atoms. The van der Waals surface area contributed by atoms with Gasteiger partial charge in [0, 0.05) is 23.3 Å². The summed E-state index contributed by atoms with van der Waals surface area (Å²) in [6.45, 7) is 6.50. The topological polar surface area (TPSA) is 97.0 Å². The molecule has 2 aromatic rings. The standard InChI is InChI=1S/C33H38ClN3O5/c1-18-6-5-7-25(20(18)3)36-31(39)29-33-15-14-26(42-33)27(30(38)35-22-11-8-19(2)24(34)16-22)28(33)32(40)37(29)17-21-9-12-23(41-4)13-10-21/h8-16,18,20,25-29H,5-7,17H2,1-4H3,(H,35,38)(H,36,39)/t18-,20+,25-,26-,27-,28-,29+,33+/m1/s1. The Bertz CT molecular complexity index is 1430. The van der Waals surface area contributed by atoms with Crippen molar-refractivity contribution in [3.63, 3.8) is 0 Å². The van der Waals surface area contributed by atoms with Crippen molar-refractivity contribution >= 4 is 35.0 Å². The summed E-state index contributed by atoms with van der Waals surface area (Å²) in [5.74, 6) is -0.916. The number of ether oxygens (including phenoxy) is 2. The average molecular weight is 592 g/mol. The van der Waals surface area contributed by atoms with E-state index in [0.717, 1.165) is 30.4 Å². The first-order chi connectivity index (χ1) is 20.1. The Morgan fingerprint density at radius 3 is 2.60 bits per heavy atom. The van der Waals surface area contributed by atoms with Gasteiger partial charge in [-0.05, 0) is 60.6 Å². The van der Waals surface area contributed by atoms with E-state index < -0.39 is 29.6 Å². The third-order valence-electron chi connectivity index (χ3n) is 9.91. The highest BCUT2D eigenvalue weighted by atomic mass is 35.5. The molecule has 2 N–H and O–H groups in total. The summed E-state index contributed by atoms with van der Waals surface area (Å²) in [6, 6.07) is 11.9. The summed E-state index contributed by atoms with van der Waals surface area (Å²) >= 11 is 6.30. The maximum Gasteiger partial charge on any atom is 0.246 e. The second kappa shape index (κ2) is 11.0. The molecule has 2 bridgehead atoms. The number of benzene rings is 2. The van der Waals surface area contributed by atoms with Crippen LogP contribution in [0.4, 0.5) is 5.69 Å². The van der Waals surface area contributed by atoms with E-state index in [2.05, 4.69) is 24.5 Å². The van der Waals surface area contributed by atoms with Crippen LogP contribution in [0, 0.1) is 30.6 Å². The zero-order valence-electron chi connectivity index (χ0n) is 24.4. The molecule has 0 aromatic heterocycles. The molecule has 222 valence electrons. The van der Waals surface area contributed by atoms with Crippen LogP contribution in [0.15, 0.2) is 54.6 Å². The molecular formula is C33H38ClN3O5. The van der Waals surface area contributed by atoms with Gasteiger partial charge in [0.1, 0.15) is 17.4 Å². The first kappa shape index (κ1) is 28.7. The molecule has 3 amide bonds. The van der Waals surface area contributed by atoms with Crippen LogP contribution in [-0.2, 0) is 25.7 Å². The van der Waals surface area contributed by atoms with Crippen molar-refractivity contribution in [3.8, 4) is 5.75 Å². The summed E-state index contributed by atoms with van der Waals surface area (Å²) in [5.41, 5.74) is 1.07. The zero-order valence-corrected chi connectivity index (χ0v) is 25.2. The lowest BCUT2D eigenvalue weighted by atomic mass is 9.73. The first-order valence-corrected chi connectivity index (χ1v) is 15.2. The van der Waals surface area contributed by atoms with Crippen molar-refractivity contribution < 1.29 is 23.9 Å². The molecule has 3 aliphatic heterocycles. The minimum atomic E-state index is -1.23. The molecule has 9 heteroatoms. The number of hydrogen-bond donors (Lipinski definition) is 2. The number of likely N-dealkylation sites (tertiary alicyclic amines) is 1. The Labute approximate surface area is 251 Å². The van der Waals surface area contributed by atoms with Gasteiger partial charge in [-0.2, -0.15) is 0 Å². The van der Waals surface area contributed by atoms with Crippen LogP contribution in [0.3, 0.4) is 0 Å². The fraction of sp³-hybridized carbons (Fsp3) is 0.485. The lowest BCUT2D eigenvalue weighted by molar-refractivity contribution is -0.142. The predicted octanol–water partition coefficient (Wildman–Crippen LogP) is 4.89. The van der Waals surface area contributed by atoms with Gasteiger partial charge in [0.2, 0.25) is 17.7 Å². The molecular weight excluding hydrogens is 554 g/mol. The van der Waals surface area contributed by atoms with Crippen molar-refractivity contribution in [1.82, 2.24) is 10.2 Å². The minimum Gasteiger partial charge on any atom is -0.497 e. The molecule has 1 saturated carbocycles. The molecule has 4 aliphatic rings. The minimum absolute atomic E-state index is 0.0163. The lowest BCUT2D eigenvalue weighted by Crippen LogP contribution is -2.57. The molecule has 3 fully saturated rings. The highest BCUT2D eigenvalue weighted by Gasteiger charge is 2.72. The summed E-state index contributed by atoms with van der Waals surface area (Å²) in [7, 11) is 1.60. The number of carbonyl (C=O) groups excluding carboxylic acids is 3. The van der Waals surface area contributed by atoms with Crippen LogP contribution in [0.5, 0.6) is 5.75 Å². The Morgan fingerprint density at radius 1 is 1.12 bits per heavy atom. The molecule has 8 atom stereocenters. The number of methoxy groups -OCH3 is 1. The highest BCUT2D eigenvalue weighted by molar-refractivity contribution is 6.31. The van der Waals surface area contributed by atoms with E-state index in [1.54, 1.807) is 24.1 Å². The monoisotopic (exact) mass is 591 g/mol. The van der Waals surface area contributed by atoms with Gasteiger partial charge in [0.25, 0.3) is 0 Å². The molecule has 6 rings (SSSR count). The van der Waals surface area contributed by atoms with Crippen LogP contribution in [0.25, 0.3) is 0 Å². The fourth-order valence-electron chi connectivity index (χ4n) is 7.31. The quantitative estimate of drug-likeness (QED) is 0.447. The number of carbonyl (C=O) groups is 3. The van der Waals surface area contributed by atoms with Gasteiger partial charge in [-0.15, -0.1) is 0 Å². The third-order valence-corrected chi connectivity index (χ3v) is 10.3. The molecule has 1 spiro atoms. The van der Waals surface area contributed by atoms with E-state index in [9.17, 15) is 14.4 Å². The van der Waals surface area contributed by atoms with Gasteiger partial charge in [-0.1, -0.05) is 68.6 Å². The number of anilines is 1. The average Bonchev–Trinajstić information content (AvgIpc) is 3.61. The number of rotatable bonds is 7. The second-order valence-corrected chi connectivity index (χ2v) is 12.8. The third kappa shape index (κ3) is 4.78. The van der Waals surface area contributed by atoms with Crippen LogP contribution >= 0.6 is 11.6 Å². The molecule has 3 heterocycles. The summed E-state index contributed by atoms with van der Waals surface area (Å²) < 4.78 is 11.8. The van der Waals surface area contributed by atoms with Gasteiger partial charge in [-0.3, -0.25) is 14.4 Å². The Balaban J connectivity index is 1.32. The Morgan fingerprint density at radius 2 is 1.88 bits per heavy atom. The summed E-state index contributed by atoms with van der Waals surface area (Å²) in [6.07, 6.45) is 6.16. The fourth-order valence-corrected chi connectivity index (χ4v) is 7.49. The number of fused-ring (bicyclic) bond motifs is 1. The summed E-state index contributed by atoms with van der Waals surface area (Å²) in [4.78, 5) is 43.9. The number of nitrogens with zero attached hydrogens (tertiary/aromatic N) is 1. The molecule has 2 aromatic carbocycles. The van der Waals surface area contributed by atoms with Crippen molar-refractivity contribution in [3.05, 3.63) is 70.8 Å². The highest BCUT2D eigenvalue weighted by Crippen LogP contribution is 2.55. The maximum absolute atomic E-state index is 14.3. The van der Waals surface area contributed by atoms with Crippen molar-refractivity contribution in [2.45, 2.75) is 70.4 Å². The van der Waals surface area contributed by atoms with Crippen LogP contribution in [0.1, 0.15) is 44.2 Å². The molecule has 1 aliphatic carbocycles. The molecule has 2 saturated heterocycles. The molecule has 8 nitrogen and oxygen atoms in total. The van der Waals surface area contributed by atoms with Crippen molar-refractivity contribution in [2.75, 3.05) is 12.4 Å². The van der Waals surface area contributed by atoms with E-state index in [4.69, 9.17) is 21.1 Å². The van der Waals surface area contributed by atoms with Crippen LogP contribution < -0.4 is 15.4 Å². The number of hydrogen-bond acceptors (Lipinski definition) is 5. The van der Waals surface area contributed by atoms with Crippen molar-refractivity contribution in [1.29, 1.82) is 0 Å². The van der Waals surface area contributed by atoms with Crippen molar-refractivity contribution in [2.24, 2.45) is 23.7 Å². The molecule has 0 unspecified atom stereocenters. The Kier molecular flexibility index (Phi) is 7.56. The van der Waals surface area contributed by atoms with Gasteiger partial charge in [0.15, 0.2) is 0 Å². The van der Waals surface area contributed by atoms with Gasteiger partial charge in [0.05, 0.1) is 25.0 Å². The zero-order chi connectivity index (χ0) is 29.8. The van der Waals surface area contributed by atoms with E-state index in [1.807, 2.05) is 49.4 Å². The lowest BCUT2D eigenvalue weighted by Gasteiger charge is -2.38. The largest absolute Gasteiger partial charge is 0.497 e. The van der Waals surface area contributed by atoms with Gasteiger partial charge in [-0.25, -0.2) is 0 Å². The van der Waals surface area contributed by atoms with Gasteiger partial charge >= 0.3 is 0 Å². The maximum atomic E-state index is 14.3. The van der Waals surface area contributed by atoms with Gasteiger partial charge < -0.3 is 25.0 Å². The van der Waals surface area contributed by atoms with E-state index in [-0.39, 0.29) is 30.3 Å². The number of amides is 3. The summed E-state index contributed by atoms with van der Waals surface area (Å²) in [5, 5.41) is 6.78. The SMILES string of the molecule is COc1ccc(CN2C(=O)[C@H]3[C@H](C(=O)Nc4ccc(C)c(Cl)c4)[C@H]4C=C[C@@]3(O4)[C@@H]2C(=O)N[C@@H]2CCC[C@@H](C)[C@@H]2C)cc1. The predicted molar refractivity (Wildman–Crippen MR) is 160 cm³/mol. The van der Waals surface area contributed by atoms with Crippen LogP contribution in [0.2, 0.25) is 5.02 Å². The normalized spacial score (nSPS) is 33.0. The number of halogens is 1.